The van der Waals surface area contributed by atoms with Crippen molar-refractivity contribution in [3.63, 3.8) is 0 Å². The summed E-state index contributed by atoms with van der Waals surface area (Å²) < 4.78 is 0. The SMILES string of the molecule is CCCNc1ccc(C(=O)NCCC(=O)NC2CC2)nc1. The zero-order chi connectivity index (χ0) is 15.1. The molecule has 0 bridgehead atoms. The van der Waals surface area contributed by atoms with Gasteiger partial charge in [-0.2, -0.15) is 0 Å². The second-order valence-electron chi connectivity index (χ2n) is 5.21. The Labute approximate surface area is 124 Å². The maximum Gasteiger partial charge on any atom is 0.269 e. The molecule has 0 spiro atoms. The lowest BCUT2D eigenvalue weighted by Crippen LogP contribution is -2.32. The van der Waals surface area contributed by atoms with Crippen molar-refractivity contribution in [2.75, 3.05) is 18.4 Å². The summed E-state index contributed by atoms with van der Waals surface area (Å²) in [4.78, 5) is 27.4. The molecule has 114 valence electrons. The minimum absolute atomic E-state index is 0.00938. The summed E-state index contributed by atoms with van der Waals surface area (Å²) >= 11 is 0. The Bertz CT molecular complexity index is 483. The third kappa shape index (κ3) is 5.41. The minimum Gasteiger partial charge on any atom is -0.384 e. The number of amides is 2. The van der Waals surface area contributed by atoms with Gasteiger partial charge in [-0.25, -0.2) is 4.98 Å². The van der Waals surface area contributed by atoms with Gasteiger partial charge in [-0.05, 0) is 31.4 Å². The highest BCUT2D eigenvalue weighted by Gasteiger charge is 2.22. The highest BCUT2D eigenvalue weighted by Crippen LogP contribution is 2.18. The Morgan fingerprint density at radius 2 is 2.10 bits per heavy atom. The molecule has 0 aliphatic heterocycles. The summed E-state index contributed by atoms with van der Waals surface area (Å²) in [6, 6.07) is 3.87. The van der Waals surface area contributed by atoms with E-state index in [2.05, 4.69) is 27.9 Å². The number of carbonyl (C=O) groups is 2. The molecule has 1 aromatic rings. The molecule has 1 aliphatic rings. The van der Waals surface area contributed by atoms with Crippen molar-refractivity contribution in [2.24, 2.45) is 0 Å². The third-order valence-corrected chi connectivity index (χ3v) is 3.16. The van der Waals surface area contributed by atoms with E-state index in [9.17, 15) is 9.59 Å². The van der Waals surface area contributed by atoms with Crippen LogP contribution in [0.4, 0.5) is 5.69 Å². The molecule has 0 atom stereocenters. The average Bonchev–Trinajstić information content (AvgIpc) is 3.29. The lowest BCUT2D eigenvalue weighted by atomic mass is 10.3. The Morgan fingerprint density at radius 1 is 1.29 bits per heavy atom. The zero-order valence-electron chi connectivity index (χ0n) is 12.3. The van der Waals surface area contributed by atoms with Crippen molar-refractivity contribution in [3.8, 4) is 0 Å². The first-order valence-electron chi connectivity index (χ1n) is 7.46. The summed E-state index contributed by atoms with van der Waals surface area (Å²) in [5.74, 6) is -0.263. The van der Waals surface area contributed by atoms with Crippen LogP contribution in [0.5, 0.6) is 0 Å². The van der Waals surface area contributed by atoms with E-state index in [0.29, 0.717) is 24.7 Å². The third-order valence-electron chi connectivity index (χ3n) is 3.16. The molecule has 0 aromatic carbocycles. The normalized spacial score (nSPS) is 13.6. The van der Waals surface area contributed by atoms with Gasteiger partial charge < -0.3 is 16.0 Å². The molecule has 0 unspecified atom stereocenters. The Hall–Kier alpha value is -2.11. The number of hydrogen-bond donors (Lipinski definition) is 3. The van der Waals surface area contributed by atoms with Gasteiger partial charge >= 0.3 is 0 Å². The van der Waals surface area contributed by atoms with E-state index in [1.54, 1.807) is 12.3 Å². The van der Waals surface area contributed by atoms with Gasteiger partial charge in [0.15, 0.2) is 0 Å². The molecule has 1 fully saturated rings. The molecule has 1 saturated carbocycles. The van der Waals surface area contributed by atoms with Crippen LogP contribution in [0, 0.1) is 0 Å². The Balaban J connectivity index is 1.70. The zero-order valence-corrected chi connectivity index (χ0v) is 12.3. The van der Waals surface area contributed by atoms with Crippen LogP contribution in [0.25, 0.3) is 0 Å². The number of carbonyl (C=O) groups excluding carboxylic acids is 2. The number of nitrogens with one attached hydrogen (secondary N) is 3. The van der Waals surface area contributed by atoms with Gasteiger partial charge in [0.1, 0.15) is 5.69 Å². The summed E-state index contributed by atoms with van der Waals surface area (Å²) in [5, 5.41) is 8.78. The van der Waals surface area contributed by atoms with Crippen LogP contribution in [0.2, 0.25) is 0 Å². The monoisotopic (exact) mass is 290 g/mol. The lowest BCUT2D eigenvalue weighted by Gasteiger charge is -2.07. The first kappa shape index (κ1) is 15.3. The van der Waals surface area contributed by atoms with Gasteiger partial charge in [-0.15, -0.1) is 0 Å². The molecule has 0 saturated heterocycles. The number of hydrogen-bond acceptors (Lipinski definition) is 4. The topological polar surface area (TPSA) is 83.1 Å². The molecule has 1 aliphatic carbocycles. The predicted octanol–water partition coefficient (Wildman–Crippen LogP) is 1.30. The molecule has 2 rings (SSSR count). The molecule has 6 heteroatoms. The highest BCUT2D eigenvalue weighted by molar-refractivity contribution is 5.92. The number of nitrogens with zero attached hydrogens (tertiary/aromatic N) is 1. The second-order valence-corrected chi connectivity index (χ2v) is 5.21. The van der Waals surface area contributed by atoms with Crippen LogP contribution in [0.15, 0.2) is 18.3 Å². The molecule has 1 aromatic heterocycles. The van der Waals surface area contributed by atoms with Crippen LogP contribution < -0.4 is 16.0 Å². The van der Waals surface area contributed by atoms with E-state index >= 15 is 0 Å². The molecule has 6 nitrogen and oxygen atoms in total. The number of pyridine rings is 1. The van der Waals surface area contributed by atoms with Crippen LogP contribution in [0.1, 0.15) is 43.1 Å². The van der Waals surface area contributed by atoms with Gasteiger partial charge in [0, 0.05) is 25.6 Å². The van der Waals surface area contributed by atoms with Crippen molar-refractivity contribution in [1.82, 2.24) is 15.6 Å². The van der Waals surface area contributed by atoms with Crippen molar-refractivity contribution in [2.45, 2.75) is 38.6 Å². The van der Waals surface area contributed by atoms with Crippen LogP contribution >= 0.6 is 0 Å². The first-order valence-corrected chi connectivity index (χ1v) is 7.46. The highest BCUT2D eigenvalue weighted by atomic mass is 16.2. The number of rotatable bonds is 8. The summed E-state index contributed by atoms with van der Waals surface area (Å²) in [5.41, 5.74) is 1.26. The fourth-order valence-electron chi connectivity index (χ4n) is 1.81. The summed E-state index contributed by atoms with van der Waals surface area (Å²) in [7, 11) is 0. The van der Waals surface area contributed by atoms with E-state index in [1.165, 1.54) is 0 Å². The Morgan fingerprint density at radius 3 is 2.71 bits per heavy atom. The maximum atomic E-state index is 11.9. The molecule has 21 heavy (non-hydrogen) atoms. The molecule has 3 N–H and O–H groups in total. The minimum atomic E-state index is -0.253. The average molecular weight is 290 g/mol. The van der Waals surface area contributed by atoms with Gasteiger partial charge in [0.25, 0.3) is 5.91 Å². The predicted molar refractivity (Wildman–Crippen MR) is 81.1 cm³/mol. The summed E-state index contributed by atoms with van der Waals surface area (Å²) in [6.07, 6.45) is 5.12. The standard InChI is InChI=1S/C15H22N4O2/c1-2-8-16-12-5-6-13(18-10-12)15(21)17-9-7-14(20)19-11-3-4-11/h5-6,10-11,16H,2-4,7-9H2,1H3,(H,17,21)(H,19,20). The summed E-state index contributed by atoms with van der Waals surface area (Å²) in [6.45, 7) is 3.29. The van der Waals surface area contributed by atoms with Crippen molar-refractivity contribution in [3.05, 3.63) is 24.0 Å². The van der Waals surface area contributed by atoms with Gasteiger partial charge in [-0.1, -0.05) is 6.92 Å². The molecule has 1 heterocycles. The van der Waals surface area contributed by atoms with Gasteiger partial charge in [-0.3, -0.25) is 9.59 Å². The second kappa shape index (κ2) is 7.61. The quantitative estimate of drug-likeness (QED) is 0.674. The van der Waals surface area contributed by atoms with E-state index < -0.39 is 0 Å². The molecule has 2 amide bonds. The molecular weight excluding hydrogens is 268 g/mol. The van der Waals surface area contributed by atoms with E-state index in [-0.39, 0.29) is 11.8 Å². The van der Waals surface area contributed by atoms with Crippen molar-refractivity contribution >= 4 is 17.5 Å². The Kier molecular flexibility index (Phi) is 5.54. The molecular formula is C15H22N4O2. The maximum absolute atomic E-state index is 11.9. The smallest absolute Gasteiger partial charge is 0.269 e. The number of aromatic nitrogens is 1. The van der Waals surface area contributed by atoms with E-state index in [1.807, 2.05) is 6.07 Å². The van der Waals surface area contributed by atoms with Crippen molar-refractivity contribution in [1.29, 1.82) is 0 Å². The van der Waals surface area contributed by atoms with E-state index in [0.717, 1.165) is 31.5 Å². The van der Waals surface area contributed by atoms with Crippen LogP contribution in [0.3, 0.4) is 0 Å². The first-order chi connectivity index (χ1) is 10.2. The van der Waals surface area contributed by atoms with Crippen LogP contribution in [-0.4, -0.2) is 35.9 Å². The van der Waals surface area contributed by atoms with Crippen LogP contribution in [-0.2, 0) is 4.79 Å². The van der Waals surface area contributed by atoms with Gasteiger partial charge in [0.2, 0.25) is 5.91 Å². The fourth-order valence-corrected chi connectivity index (χ4v) is 1.81. The number of anilines is 1. The van der Waals surface area contributed by atoms with Crippen molar-refractivity contribution < 1.29 is 9.59 Å². The fraction of sp³-hybridized carbons (Fsp3) is 0.533. The van der Waals surface area contributed by atoms with Gasteiger partial charge in [0.05, 0.1) is 11.9 Å². The van der Waals surface area contributed by atoms with E-state index in [4.69, 9.17) is 0 Å². The lowest BCUT2D eigenvalue weighted by molar-refractivity contribution is -0.121. The largest absolute Gasteiger partial charge is 0.384 e. The molecule has 0 radical (unpaired) electrons.